The van der Waals surface area contributed by atoms with Crippen molar-refractivity contribution in [3.63, 3.8) is 0 Å². The first kappa shape index (κ1) is 14.5. The summed E-state index contributed by atoms with van der Waals surface area (Å²) in [6.45, 7) is 0.560. The van der Waals surface area contributed by atoms with Crippen molar-refractivity contribution in [2.75, 3.05) is 6.54 Å². The smallest absolute Gasteiger partial charge is 0.335 e. The summed E-state index contributed by atoms with van der Waals surface area (Å²) in [5.41, 5.74) is 10.2. The van der Waals surface area contributed by atoms with Crippen molar-refractivity contribution in [2.24, 2.45) is 5.73 Å². The van der Waals surface area contributed by atoms with Gasteiger partial charge in [-0.3, -0.25) is 0 Å². The summed E-state index contributed by atoms with van der Waals surface area (Å²) in [6, 6.07) is 10.3. The van der Waals surface area contributed by atoms with Crippen LogP contribution in [0.2, 0.25) is 0 Å². The van der Waals surface area contributed by atoms with Crippen LogP contribution in [0.1, 0.15) is 15.9 Å². The van der Waals surface area contributed by atoms with Gasteiger partial charge >= 0.3 is 5.97 Å². The second kappa shape index (κ2) is 5.50. The first-order chi connectivity index (χ1) is 11.7. The van der Waals surface area contributed by atoms with Crippen LogP contribution in [-0.2, 0) is 6.42 Å². The average Bonchev–Trinajstić information content (AvgIpc) is 3.19. The molecule has 24 heavy (non-hydrogen) atoms. The Morgan fingerprint density at radius 2 is 2.00 bits per heavy atom. The zero-order valence-corrected chi connectivity index (χ0v) is 12.7. The number of carboxylic acid groups (broad SMARTS) is 1. The molecule has 0 saturated carbocycles. The lowest BCUT2D eigenvalue weighted by atomic mass is 10.1. The van der Waals surface area contributed by atoms with Crippen LogP contribution < -0.4 is 5.73 Å². The van der Waals surface area contributed by atoms with Gasteiger partial charge in [-0.15, -0.1) is 0 Å². The van der Waals surface area contributed by atoms with E-state index in [0.29, 0.717) is 18.0 Å². The Kier molecular flexibility index (Phi) is 3.32. The minimum absolute atomic E-state index is 0.230. The van der Waals surface area contributed by atoms with Gasteiger partial charge in [0.25, 0.3) is 0 Å². The summed E-state index contributed by atoms with van der Waals surface area (Å²) < 4.78 is 5.86. The highest BCUT2D eigenvalue weighted by Gasteiger charge is 2.15. The predicted molar refractivity (Wildman–Crippen MR) is 91.0 cm³/mol. The van der Waals surface area contributed by atoms with Gasteiger partial charge in [-0.1, -0.05) is 0 Å². The second-order valence-electron chi connectivity index (χ2n) is 5.59. The Bertz CT molecular complexity index is 1040. The number of aromatic carboxylic acids is 1. The number of nitrogens with zero attached hydrogens (tertiary/aromatic N) is 1. The van der Waals surface area contributed by atoms with Gasteiger partial charge < -0.3 is 20.2 Å². The number of benzene rings is 2. The molecule has 0 aliphatic heterocycles. The standard InChI is InChI=1S/C18H15N3O3/c19-8-7-12-9-20-13-5-6-14-16(15(12)13)21-17(24-14)10-1-3-11(4-2-10)18(22)23/h1-6,9,20H,7-8,19H2,(H,22,23). The molecule has 2 aromatic heterocycles. The van der Waals surface area contributed by atoms with Crippen LogP contribution in [0.5, 0.6) is 0 Å². The average molecular weight is 321 g/mol. The number of carboxylic acids is 1. The summed E-state index contributed by atoms with van der Waals surface area (Å²) in [5.74, 6) is -0.492. The zero-order chi connectivity index (χ0) is 16.7. The van der Waals surface area contributed by atoms with E-state index in [0.717, 1.165) is 34.0 Å². The number of nitrogens with one attached hydrogen (secondary N) is 1. The number of carbonyl (C=O) groups is 1. The van der Waals surface area contributed by atoms with Crippen molar-refractivity contribution in [3.8, 4) is 11.5 Å². The fourth-order valence-corrected chi connectivity index (χ4v) is 2.91. The number of H-pyrrole nitrogens is 1. The first-order valence-electron chi connectivity index (χ1n) is 7.60. The number of oxazole rings is 1. The largest absolute Gasteiger partial charge is 0.478 e. The highest BCUT2D eigenvalue weighted by molar-refractivity contribution is 6.05. The summed E-state index contributed by atoms with van der Waals surface area (Å²) in [6.07, 6.45) is 2.71. The quantitative estimate of drug-likeness (QED) is 0.535. The first-order valence-corrected chi connectivity index (χ1v) is 7.60. The third-order valence-corrected chi connectivity index (χ3v) is 4.08. The molecule has 0 unspecified atom stereocenters. The fourth-order valence-electron chi connectivity index (χ4n) is 2.91. The number of aromatic amines is 1. The van der Waals surface area contributed by atoms with Gasteiger partial charge in [0.1, 0.15) is 5.52 Å². The molecule has 2 heterocycles. The van der Waals surface area contributed by atoms with Crippen molar-refractivity contribution in [1.29, 1.82) is 0 Å². The molecule has 6 nitrogen and oxygen atoms in total. The molecule has 0 aliphatic carbocycles. The minimum Gasteiger partial charge on any atom is -0.478 e. The molecule has 2 aromatic carbocycles. The number of rotatable bonds is 4. The van der Waals surface area contributed by atoms with Crippen molar-refractivity contribution in [2.45, 2.75) is 6.42 Å². The molecule has 0 amide bonds. The molecule has 0 radical (unpaired) electrons. The van der Waals surface area contributed by atoms with Crippen LogP contribution in [-0.4, -0.2) is 27.6 Å². The number of aromatic nitrogens is 2. The molecular weight excluding hydrogens is 306 g/mol. The monoisotopic (exact) mass is 321 g/mol. The summed E-state index contributed by atoms with van der Waals surface area (Å²) >= 11 is 0. The Morgan fingerprint density at radius 3 is 2.71 bits per heavy atom. The molecule has 4 rings (SSSR count). The normalized spacial score (nSPS) is 11.4. The van der Waals surface area contributed by atoms with Crippen molar-refractivity contribution in [3.05, 3.63) is 53.7 Å². The van der Waals surface area contributed by atoms with Crippen LogP contribution in [0.4, 0.5) is 0 Å². The maximum absolute atomic E-state index is 11.0. The van der Waals surface area contributed by atoms with E-state index in [-0.39, 0.29) is 5.56 Å². The van der Waals surface area contributed by atoms with Crippen LogP contribution >= 0.6 is 0 Å². The SMILES string of the molecule is NCCc1c[nH]c2ccc3oc(-c4ccc(C(=O)O)cc4)nc3c12. The lowest BCUT2D eigenvalue weighted by molar-refractivity contribution is 0.0697. The molecule has 120 valence electrons. The van der Waals surface area contributed by atoms with Gasteiger partial charge in [-0.2, -0.15) is 0 Å². The third kappa shape index (κ3) is 2.24. The Labute approximate surface area is 136 Å². The lowest BCUT2D eigenvalue weighted by Crippen LogP contribution is -2.01. The van der Waals surface area contributed by atoms with E-state index in [2.05, 4.69) is 9.97 Å². The summed E-state index contributed by atoms with van der Waals surface area (Å²) in [7, 11) is 0. The fraction of sp³-hybridized carbons (Fsp3) is 0.111. The van der Waals surface area contributed by atoms with Gasteiger partial charge in [-0.25, -0.2) is 9.78 Å². The molecule has 0 fully saturated rings. The third-order valence-electron chi connectivity index (χ3n) is 4.08. The van der Waals surface area contributed by atoms with Crippen LogP contribution in [0.25, 0.3) is 33.5 Å². The second-order valence-corrected chi connectivity index (χ2v) is 5.59. The van der Waals surface area contributed by atoms with Crippen LogP contribution in [0.15, 0.2) is 47.0 Å². The Hall–Kier alpha value is -3.12. The zero-order valence-electron chi connectivity index (χ0n) is 12.7. The molecule has 0 atom stereocenters. The molecule has 0 aliphatic rings. The van der Waals surface area contributed by atoms with Crippen molar-refractivity contribution >= 4 is 28.0 Å². The van der Waals surface area contributed by atoms with Crippen molar-refractivity contribution in [1.82, 2.24) is 9.97 Å². The number of nitrogens with two attached hydrogens (primary N) is 1. The van der Waals surface area contributed by atoms with E-state index < -0.39 is 5.97 Å². The van der Waals surface area contributed by atoms with Gasteiger partial charge in [-0.05, 0) is 54.9 Å². The summed E-state index contributed by atoms with van der Waals surface area (Å²) in [4.78, 5) is 18.8. The number of fused-ring (bicyclic) bond motifs is 3. The molecular formula is C18H15N3O3. The highest BCUT2D eigenvalue weighted by Crippen LogP contribution is 2.31. The van der Waals surface area contributed by atoms with Crippen molar-refractivity contribution < 1.29 is 14.3 Å². The predicted octanol–water partition coefficient (Wildman–Crippen LogP) is 3.18. The molecule has 0 spiro atoms. The van der Waals surface area contributed by atoms with Gasteiger partial charge in [0.15, 0.2) is 5.58 Å². The van der Waals surface area contributed by atoms with Gasteiger partial charge in [0, 0.05) is 22.7 Å². The van der Waals surface area contributed by atoms with Crippen LogP contribution in [0, 0.1) is 0 Å². The van der Waals surface area contributed by atoms with Crippen LogP contribution in [0.3, 0.4) is 0 Å². The Balaban J connectivity index is 1.87. The van der Waals surface area contributed by atoms with E-state index in [9.17, 15) is 4.79 Å². The molecule has 6 heteroatoms. The van der Waals surface area contributed by atoms with Gasteiger partial charge in [0.05, 0.1) is 5.56 Å². The topological polar surface area (TPSA) is 105 Å². The minimum atomic E-state index is -0.959. The number of hydrogen-bond donors (Lipinski definition) is 3. The van der Waals surface area contributed by atoms with E-state index in [1.807, 2.05) is 18.3 Å². The highest BCUT2D eigenvalue weighted by atomic mass is 16.4. The molecule has 4 N–H and O–H groups in total. The maximum atomic E-state index is 11.0. The maximum Gasteiger partial charge on any atom is 0.335 e. The van der Waals surface area contributed by atoms with E-state index in [1.165, 1.54) is 12.1 Å². The molecule has 4 aromatic rings. The molecule has 0 bridgehead atoms. The number of hydrogen-bond acceptors (Lipinski definition) is 4. The van der Waals surface area contributed by atoms with E-state index in [1.54, 1.807) is 12.1 Å². The lowest BCUT2D eigenvalue weighted by Gasteiger charge is -1.96. The van der Waals surface area contributed by atoms with E-state index in [4.69, 9.17) is 15.3 Å². The Morgan fingerprint density at radius 1 is 1.21 bits per heavy atom. The van der Waals surface area contributed by atoms with E-state index >= 15 is 0 Å². The van der Waals surface area contributed by atoms with Gasteiger partial charge in [0.2, 0.25) is 5.89 Å². The summed E-state index contributed by atoms with van der Waals surface area (Å²) in [5, 5.41) is 10.0. The molecule has 0 saturated heterocycles.